The molecule has 0 amide bonds. The predicted molar refractivity (Wildman–Crippen MR) is 115 cm³/mol. The highest BCUT2D eigenvalue weighted by atomic mass is 15.2. The van der Waals surface area contributed by atoms with Crippen LogP contribution < -0.4 is 0 Å². The summed E-state index contributed by atoms with van der Waals surface area (Å²) < 4.78 is 4.31. The van der Waals surface area contributed by atoms with Crippen LogP contribution in [0.25, 0.3) is 44.9 Å². The highest BCUT2D eigenvalue weighted by Crippen LogP contribution is 2.29. The molecule has 0 radical (unpaired) electrons. The molecule has 0 spiro atoms. The molecule has 0 N–H and O–H groups in total. The Hall–Kier alpha value is -3.99. The number of imidazole rings is 2. The lowest BCUT2D eigenvalue weighted by Gasteiger charge is -2.07. The minimum absolute atomic E-state index is 0.837. The van der Waals surface area contributed by atoms with Crippen LogP contribution >= 0.6 is 0 Å². The average molecular weight is 375 g/mol. The van der Waals surface area contributed by atoms with E-state index < -0.39 is 0 Å². The smallest absolute Gasteiger partial charge is 0.221 e. The number of aromatic nitrogens is 5. The molecule has 4 aromatic heterocycles. The maximum Gasteiger partial charge on any atom is 0.221 e. The molecule has 0 fully saturated rings. The van der Waals surface area contributed by atoms with Gasteiger partial charge in [0.1, 0.15) is 5.82 Å². The van der Waals surface area contributed by atoms with E-state index in [4.69, 9.17) is 9.97 Å². The van der Waals surface area contributed by atoms with Crippen molar-refractivity contribution in [1.82, 2.24) is 23.9 Å². The van der Waals surface area contributed by atoms with Gasteiger partial charge in [0.05, 0.1) is 27.8 Å². The Kier molecular flexibility index (Phi) is 3.32. The molecular formula is C24H17N5. The van der Waals surface area contributed by atoms with E-state index in [0.717, 1.165) is 50.5 Å². The molecule has 6 aromatic rings. The van der Waals surface area contributed by atoms with E-state index in [-0.39, 0.29) is 0 Å². The van der Waals surface area contributed by atoms with Crippen LogP contribution in [0.4, 0.5) is 0 Å². The summed E-state index contributed by atoms with van der Waals surface area (Å²) in [6.45, 7) is 2.06. The molecule has 5 nitrogen and oxygen atoms in total. The van der Waals surface area contributed by atoms with Gasteiger partial charge in [-0.1, -0.05) is 30.3 Å². The van der Waals surface area contributed by atoms with Gasteiger partial charge in [0.2, 0.25) is 5.78 Å². The zero-order valence-electron chi connectivity index (χ0n) is 15.8. The summed E-state index contributed by atoms with van der Waals surface area (Å²) >= 11 is 0. The van der Waals surface area contributed by atoms with Crippen LogP contribution in [0.15, 0.2) is 85.2 Å². The molecule has 0 saturated carbocycles. The fourth-order valence-electron chi connectivity index (χ4n) is 4.02. The van der Waals surface area contributed by atoms with E-state index in [2.05, 4.69) is 57.3 Å². The highest BCUT2D eigenvalue weighted by Gasteiger charge is 2.17. The first-order chi connectivity index (χ1) is 14.3. The molecule has 29 heavy (non-hydrogen) atoms. The van der Waals surface area contributed by atoms with Gasteiger partial charge in [-0.3, -0.25) is 14.0 Å². The molecule has 138 valence electrons. The van der Waals surface area contributed by atoms with Crippen molar-refractivity contribution < 1.29 is 0 Å². The van der Waals surface area contributed by atoms with Gasteiger partial charge in [-0.15, -0.1) is 0 Å². The maximum absolute atomic E-state index is 4.90. The van der Waals surface area contributed by atoms with Gasteiger partial charge in [0.25, 0.3) is 0 Å². The van der Waals surface area contributed by atoms with Gasteiger partial charge in [0, 0.05) is 18.0 Å². The molecule has 0 aliphatic rings. The monoisotopic (exact) mass is 375 g/mol. The Morgan fingerprint density at radius 2 is 1.52 bits per heavy atom. The van der Waals surface area contributed by atoms with E-state index in [1.165, 1.54) is 0 Å². The van der Waals surface area contributed by atoms with E-state index in [0.29, 0.717) is 0 Å². The second-order valence-electron chi connectivity index (χ2n) is 7.13. The predicted octanol–water partition coefficient (Wildman–Crippen LogP) is 5.20. The molecular weight excluding hydrogens is 358 g/mol. The number of nitrogens with zero attached hydrogens (tertiary/aromatic N) is 5. The standard InChI is InChI=1S/C24H17N5/c1-16-7-6-14-25-23(16)17-12-13-22(26-15-17)29-21-11-5-4-10-20(21)28-19-9-3-2-8-18(19)27-24(28)29/h2-15H,1H3. The van der Waals surface area contributed by atoms with E-state index in [1.807, 2.05) is 48.8 Å². The fraction of sp³-hybridized carbons (Fsp3) is 0.0417. The SMILES string of the molecule is Cc1cccnc1-c1ccc(-n2c3ccccc3n3c4ccccc4nc23)nc1. The Morgan fingerprint density at radius 1 is 0.724 bits per heavy atom. The minimum atomic E-state index is 0.837. The molecule has 2 aromatic carbocycles. The summed E-state index contributed by atoms with van der Waals surface area (Å²) in [6.07, 6.45) is 3.70. The van der Waals surface area contributed by atoms with Crippen LogP contribution in [0.3, 0.4) is 0 Å². The molecule has 4 heterocycles. The quantitative estimate of drug-likeness (QED) is 0.418. The number of rotatable bonds is 2. The Labute approximate surface area is 166 Å². The first kappa shape index (κ1) is 16.0. The molecule has 0 atom stereocenters. The number of pyridine rings is 2. The van der Waals surface area contributed by atoms with E-state index in [9.17, 15) is 0 Å². The molecule has 0 bridgehead atoms. The Bertz CT molecular complexity index is 1510. The lowest BCUT2D eigenvalue weighted by Crippen LogP contribution is -1.98. The molecule has 0 saturated heterocycles. The van der Waals surface area contributed by atoms with Gasteiger partial charge >= 0.3 is 0 Å². The highest BCUT2D eigenvalue weighted by molar-refractivity contribution is 5.91. The fourth-order valence-corrected chi connectivity index (χ4v) is 4.02. The summed E-state index contributed by atoms with van der Waals surface area (Å²) in [5.41, 5.74) is 7.36. The summed E-state index contributed by atoms with van der Waals surface area (Å²) in [6, 6.07) is 24.7. The third-order valence-corrected chi connectivity index (χ3v) is 5.37. The van der Waals surface area contributed by atoms with Crippen molar-refractivity contribution >= 4 is 27.8 Å². The van der Waals surface area contributed by atoms with Crippen molar-refractivity contribution in [3.05, 3.63) is 90.8 Å². The van der Waals surface area contributed by atoms with Crippen molar-refractivity contribution in [3.63, 3.8) is 0 Å². The average Bonchev–Trinajstić information content (AvgIpc) is 3.29. The third kappa shape index (κ3) is 2.31. The lowest BCUT2D eigenvalue weighted by molar-refractivity contribution is 1.04. The first-order valence-corrected chi connectivity index (χ1v) is 9.56. The third-order valence-electron chi connectivity index (χ3n) is 5.37. The van der Waals surface area contributed by atoms with Gasteiger partial charge in [-0.2, -0.15) is 0 Å². The van der Waals surface area contributed by atoms with Crippen LogP contribution in [0, 0.1) is 6.92 Å². The van der Waals surface area contributed by atoms with E-state index in [1.54, 1.807) is 0 Å². The van der Waals surface area contributed by atoms with Gasteiger partial charge in [-0.25, -0.2) is 9.97 Å². The summed E-state index contributed by atoms with van der Waals surface area (Å²) in [4.78, 5) is 14.2. The van der Waals surface area contributed by atoms with Crippen molar-refractivity contribution in [3.8, 4) is 17.1 Å². The van der Waals surface area contributed by atoms with Gasteiger partial charge in [-0.05, 0) is 55.0 Å². The number of hydrogen-bond donors (Lipinski definition) is 0. The molecule has 5 heteroatoms. The number of benzene rings is 2. The van der Waals surface area contributed by atoms with Crippen molar-refractivity contribution in [2.45, 2.75) is 6.92 Å². The van der Waals surface area contributed by atoms with Gasteiger partial charge < -0.3 is 0 Å². The zero-order valence-corrected chi connectivity index (χ0v) is 15.8. The second kappa shape index (κ2) is 6.01. The topological polar surface area (TPSA) is 48.0 Å². The Morgan fingerprint density at radius 3 is 2.31 bits per heavy atom. The lowest BCUT2D eigenvalue weighted by atomic mass is 10.1. The summed E-state index contributed by atoms with van der Waals surface area (Å²) in [5.74, 6) is 1.70. The Balaban J connectivity index is 1.62. The zero-order chi connectivity index (χ0) is 19.4. The minimum Gasteiger partial charge on any atom is -0.276 e. The van der Waals surface area contributed by atoms with E-state index >= 15 is 0 Å². The van der Waals surface area contributed by atoms with Crippen LogP contribution in [-0.2, 0) is 0 Å². The maximum atomic E-state index is 4.90. The summed E-state index contributed by atoms with van der Waals surface area (Å²) in [7, 11) is 0. The van der Waals surface area contributed by atoms with Crippen LogP contribution in [0.5, 0.6) is 0 Å². The molecule has 0 aliphatic heterocycles. The van der Waals surface area contributed by atoms with Crippen molar-refractivity contribution in [1.29, 1.82) is 0 Å². The normalized spacial score (nSPS) is 11.6. The van der Waals surface area contributed by atoms with Crippen molar-refractivity contribution in [2.24, 2.45) is 0 Å². The largest absolute Gasteiger partial charge is 0.276 e. The molecule has 0 unspecified atom stereocenters. The van der Waals surface area contributed by atoms with Crippen LogP contribution in [-0.4, -0.2) is 23.9 Å². The van der Waals surface area contributed by atoms with Crippen LogP contribution in [0.2, 0.25) is 0 Å². The number of fused-ring (bicyclic) bond motifs is 5. The van der Waals surface area contributed by atoms with Gasteiger partial charge in [0.15, 0.2) is 0 Å². The first-order valence-electron chi connectivity index (χ1n) is 9.56. The summed E-state index contributed by atoms with van der Waals surface area (Å²) in [5, 5.41) is 0. The molecule has 6 rings (SSSR count). The van der Waals surface area contributed by atoms with Crippen LogP contribution in [0.1, 0.15) is 5.56 Å². The van der Waals surface area contributed by atoms with Crippen molar-refractivity contribution in [2.75, 3.05) is 0 Å². The number of hydrogen-bond acceptors (Lipinski definition) is 3. The molecule has 0 aliphatic carbocycles. The number of aryl methyl sites for hydroxylation is 1. The second-order valence-corrected chi connectivity index (χ2v) is 7.13. The number of para-hydroxylation sites is 4.